The summed E-state index contributed by atoms with van der Waals surface area (Å²) in [4.78, 5) is 50.6. The predicted octanol–water partition coefficient (Wildman–Crippen LogP) is 30.3. The fourth-order valence-corrected chi connectivity index (χ4v) is 15.5. The van der Waals surface area contributed by atoms with E-state index in [1.165, 1.54) is 346 Å². The van der Waals surface area contributed by atoms with Gasteiger partial charge in [0.1, 0.15) is 20.2 Å². The van der Waals surface area contributed by atoms with Crippen LogP contribution in [0.1, 0.15) is 506 Å². The molecular formula is C100H170CaO14S2. The molecule has 117 heavy (non-hydrogen) atoms. The summed E-state index contributed by atoms with van der Waals surface area (Å²) in [6.07, 6.45) is 101. The third-order valence-corrected chi connectivity index (χ3v) is 23.7. The summed E-state index contributed by atoms with van der Waals surface area (Å²) in [7, 11) is -9.64. The molecule has 0 spiro atoms. The second kappa shape index (κ2) is 84.6. The molecule has 0 aliphatic heterocycles. The van der Waals surface area contributed by atoms with Gasteiger partial charge >= 0.3 is 61.6 Å². The van der Waals surface area contributed by atoms with Gasteiger partial charge in [-0.1, -0.05) is 385 Å². The van der Waals surface area contributed by atoms with Gasteiger partial charge in [-0.25, -0.2) is 36.0 Å². The Morgan fingerprint density at radius 3 is 0.538 bits per heavy atom. The Bertz CT molecular complexity index is 2810. The molecule has 0 saturated heterocycles. The van der Waals surface area contributed by atoms with E-state index in [0.29, 0.717) is 25.7 Å². The quantitative estimate of drug-likeness (QED) is 0.0150. The van der Waals surface area contributed by atoms with Crippen LogP contribution in [0.2, 0.25) is 0 Å². The number of carbonyl (C=O) groups excluding carboxylic acids is 4. The van der Waals surface area contributed by atoms with Gasteiger partial charge in [-0.15, -0.1) is 0 Å². The van der Waals surface area contributed by atoms with Crippen molar-refractivity contribution in [1.29, 1.82) is 0 Å². The summed E-state index contributed by atoms with van der Waals surface area (Å²) in [5, 5.41) is 0. The first-order valence-electron chi connectivity index (χ1n) is 48.1. The number of hydrogen-bond acceptors (Lipinski definition) is 14. The molecule has 0 atom stereocenters. The Morgan fingerprint density at radius 1 is 0.231 bits per heavy atom. The van der Waals surface area contributed by atoms with Gasteiger partial charge in [0.05, 0.1) is 58.5 Å². The van der Waals surface area contributed by atoms with E-state index in [0.717, 1.165) is 101 Å². The van der Waals surface area contributed by atoms with Crippen LogP contribution in [0.3, 0.4) is 0 Å². The van der Waals surface area contributed by atoms with Crippen molar-refractivity contribution in [2.45, 2.75) is 474 Å². The standard InChI is InChI=1S/2C50H86O7S.Ca/c2*1-3-5-7-9-11-13-15-17-19-21-23-25-27-29-31-33-35-37-39-43-56-49(51)47-42-41-46(58(53,54)55)45-48(47)50(52)57-44-40-38-36-34-32-30-28-26-24-22-20-18-16-14-12-10-8-6-4-2;/h2*15-18,41-42,45H,3-14,19-40,43-44H2,1-2H3,(H,53,54,55);/q;;+2/p-2/b2*17-15+,18-16+;. The molecule has 0 unspecified atom stereocenters. The predicted molar refractivity (Wildman–Crippen MR) is 489 cm³/mol. The van der Waals surface area contributed by atoms with Crippen molar-refractivity contribution in [1.82, 2.24) is 0 Å². The number of allylic oxidation sites excluding steroid dienone is 8. The molecule has 0 saturated carbocycles. The maximum atomic E-state index is 13.0. The van der Waals surface area contributed by atoms with Crippen molar-refractivity contribution in [3.8, 4) is 0 Å². The van der Waals surface area contributed by atoms with Crippen molar-refractivity contribution in [3.63, 3.8) is 0 Å². The molecule has 0 bridgehead atoms. The number of unbranched alkanes of at least 4 members (excludes halogenated alkanes) is 60. The molecule has 0 fully saturated rings. The second-order valence-corrected chi connectivity index (χ2v) is 35.6. The van der Waals surface area contributed by atoms with Gasteiger partial charge in [-0.2, -0.15) is 0 Å². The van der Waals surface area contributed by atoms with Gasteiger partial charge < -0.3 is 28.1 Å². The summed E-state index contributed by atoms with van der Waals surface area (Å²) in [6.45, 7) is 9.76. The third kappa shape index (κ3) is 71.5. The van der Waals surface area contributed by atoms with Crippen LogP contribution in [-0.4, -0.2) is 114 Å². The molecule has 0 radical (unpaired) electrons. The van der Waals surface area contributed by atoms with Crippen molar-refractivity contribution >= 4 is 81.9 Å². The van der Waals surface area contributed by atoms with Crippen LogP contribution in [0, 0.1) is 0 Å². The smallest absolute Gasteiger partial charge is 0.744 e. The second-order valence-electron chi connectivity index (χ2n) is 32.9. The van der Waals surface area contributed by atoms with Crippen molar-refractivity contribution in [2.75, 3.05) is 26.4 Å². The average molecular weight is 1700 g/mol. The van der Waals surface area contributed by atoms with E-state index in [4.69, 9.17) is 18.9 Å². The SMILES string of the molecule is CCCCCCC/C=C/CCCCCCCCCCCCOC(=O)c1ccc(S(=O)(=O)[O-])cc1C(=O)OCCCCCCCCCCCC/C=C/CCCCCCC.CCCCCCC/C=C/CCCCCCCCCCCCOC(=O)c1ccc(S(=O)(=O)[O-])cc1C(=O)OCCCCCCCCCCCC/C=C/CCCCCCC.[Ca+2]. The van der Waals surface area contributed by atoms with Crippen LogP contribution >= 0.6 is 0 Å². The molecule has 14 nitrogen and oxygen atoms in total. The molecule has 0 aromatic heterocycles. The van der Waals surface area contributed by atoms with Crippen LogP contribution in [0.25, 0.3) is 0 Å². The van der Waals surface area contributed by atoms with E-state index in [1.807, 2.05) is 0 Å². The number of benzene rings is 2. The van der Waals surface area contributed by atoms with E-state index in [2.05, 4.69) is 76.3 Å². The normalized spacial score (nSPS) is 11.8. The first-order valence-corrected chi connectivity index (χ1v) is 50.9. The van der Waals surface area contributed by atoms with Gasteiger partial charge in [0.15, 0.2) is 0 Å². The fraction of sp³-hybridized carbons (Fsp3) is 0.760. The van der Waals surface area contributed by atoms with Crippen LogP contribution in [0.5, 0.6) is 0 Å². The van der Waals surface area contributed by atoms with E-state index in [9.17, 15) is 45.1 Å². The Labute approximate surface area is 747 Å². The fourth-order valence-electron chi connectivity index (χ4n) is 14.5. The zero-order chi connectivity index (χ0) is 84.4. The van der Waals surface area contributed by atoms with Crippen LogP contribution in [0.15, 0.2) is 94.8 Å². The van der Waals surface area contributed by atoms with E-state index in [1.54, 1.807) is 0 Å². The van der Waals surface area contributed by atoms with Crippen LogP contribution < -0.4 is 0 Å². The zero-order valence-electron chi connectivity index (χ0n) is 75.2. The molecule has 668 valence electrons. The Hall–Kier alpha value is -3.64. The minimum absolute atomic E-state index is 0. The molecule has 2 aromatic carbocycles. The summed E-state index contributed by atoms with van der Waals surface area (Å²) < 4.78 is 91.8. The first-order chi connectivity index (χ1) is 56.6. The molecule has 0 amide bonds. The molecule has 17 heteroatoms. The number of rotatable bonds is 82. The topological polar surface area (TPSA) is 220 Å². The van der Waals surface area contributed by atoms with Crippen molar-refractivity contribution < 1.29 is 64.1 Å². The van der Waals surface area contributed by atoms with Gasteiger partial charge in [0, 0.05) is 0 Å². The molecular weight excluding hydrogens is 1530 g/mol. The molecule has 0 N–H and O–H groups in total. The zero-order valence-corrected chi connectivity index (χ0v) is 79.1. The van der Waals surface area contributed by atoms with Gasteiger partial charge in [0.2, 0.25) is 0 Å². The monoisotopic (exact) mass is 1700 g/mol. The third-order valence-electron chi connectivity index (χ3n) is 22.0. The molecule has 2 aromatic rings. The summed E-state index contributed by atoms with van der Waals surface area (Å²) >= 11 is 0. The molecule has 2 rings (SSSR count). The average Bonchev–Trinajstić information content (AvgIpc) is 0.814. The number of esters is 4. The molecule has 0 heterocycles. The van der Waals surface area contributed by atoms with Gasteiger partial charge in [0.25, 0.3) is 0 Å². The van der Waals surface area contributed by atoms with Crippen molar-refractivity contribution in [3.05, 3.63) is 107 Å². The minimum Gasteiger partial charge on any atom is -0.744 e. The van der Waals surface area contributed by atoms with E-state index in [-0.39, 0.29) is 86.4 Å². The van der Waals surface area contributed by atoms with E-state index < -0.39 is 53.9 Å². The minimum atomic E-state index is -4.82. The Kier molecular flexibility index (Phi) is 81.9. The number of carbonyl (C=O) groups is 4. The Balaban J connectivity index is 0.00000228. The number of ether oxygens (including phenoxy) is 4. The maximum Gasteiger partial charge on any atom is 2.00 e. The Morgan fingerprint density at radius 2 is 0.376 bits per heavy atom. The summed E-state index contributed by atoms with van der Waals surface area (Å²) in [5.41, 5.74) is -0.674. The molecule has 0 aliphatic rings. The largest absolute Gasteiger partial charge is 2.00 e. The van der Waals surface area contributed by atoms with Gasteiger partial charge in [-0.3, -0.25) is 0 Å². The van der Waals surface area contributed by atoms with Crippen molar-refractivity contribution in [2.24, 2.45) is 0 Å². The van der Waals surface area contributed by atoms with Gasteiger partial charge in [-0.05, 0) is 165 Å². The van der Waals surface area contributed by atoms with E-state index >= 15 is 0 Å². The first kappa shape index (κ1) is 113. The number of hydrogen-bond donors (Lipinski definition) is 0. The molecule has 0 aliphatic carbocycles. The summed E-state index contributed by atoms with van der Waals surface area (Å²) in [5.74, 6) is -3.09. The van der Waals surface area contributed by atoms with Crippen LogP contribution in [0.4, 0.5) is 0 Å². The summed E-state index contributed by atoms with van der Waals surface area (Å²) in [6, 6.07) is 6.29. The maximum absolute atomic E-state index is 13.0. The van der Waals surface area contributed by atoms with Crippen LogP contribution in [-0.2, 0) is 39.2 Å².